The first-order chi connectivity index (χ1) is 9.13. The zero-order valence-corrected chi connectivity index (χ0v) is 13.4. The Labute approximate surface area is 132 Å². The van der Waals surface area contributed by atoms with E-state index in [1.807, 2.05) is 36.4 Å². The van der Waals surface area contributed by atoms with Crippen LogP contribution in [0.15, 0.2) is 40.9 Å². The van der Waals surface area contributed by atoms with Crippen LogP contribution in [0.25, 0.3) is 10.2 Å². The smallest absolute Gasteiger partial charge is 0.188 e. The predicted octanol–water partition coefficient (Wildman–Crippen LogP) is 6.11. The fourth-order valence-electron chi connectivity index (χ4n) is 1.68. The third-order valence-electron chi connectivity index (χ3n) is 2.54. The minimum atomic E-state index is 0.671. The Bertz CT molecular complexity index is 757. The van der Waals surface area contributed by atoms with Crippen LogP contribution in [0.4, 0.5) is 10.8 Å². The summed E-state index contributed by atoms with van der Waals surface area (Å²) in [5.74, 6) is 0. The van der Waals surface area contributed by atoms with Gasteiger partial charge < -0.3 is 5.32 Å². The second kappa shape index (κ2) is 5.29. The molecular weight excluding hydrogens is 367 g/mol. The van der Waals surface area contributed by atoms with Gasteiger partial charge in [-0.3, -0.25) is 0 Å². The van der Waals surface area contributed by atoms with E-state index in [4.69, 9.17) is 23.2 Å². The maximum absolute atomic E-state index is 6.14. The molecule has 0 unspecified atom stereocenters. The highest BCUT2D eigenvalue weighted by atomic mass is 79.9. The molecule has 0 bridgehead atoms. The molecule has 1 heterocycles. The Morgan fingerprint density at radius 3 is 2.79 bits per heavy atom. The van der Waals surface area contributed by atoms with Crippen LogP contribution in [-0.4, -0.2) is 4.98 Å². The lowest BCUT2D eigenvalue weighted by atomic mass is 10.3. The minimum Gasteiger partial charge on any atom is -0.331 e. The van der Waals surface area contributed by atoms with Crippen molar-refractivity contribution >= 4 is 71.5 Å². The lowest BCUT2D eigenvalue weighted by Gasteiger charge is -2.05. The van der Waals surface area contributed by atoms with E-state index in [0.717, 1.165) is 25.5 Å². The van der Waals surface area contributed by atoms with E-state index in [1.165, 1.54) is 11.3 Å². The molecule has 1 aromatic heterocycles. The van der Waals surface area contributed by atoms with Gasteiger partial charge in [-0.1, -0.05) is 40.6 Å². The topological polar surface area (TPSA) is 24.9 Å². The summed E-state index contributed by atoms with van der Waals surface area (Å²) >= 11 is 17.1. The summed E-state index contributed by atoms with van der Waals surface area (Å²) < 4.78 is 1.91. The number of hydrogen-bond acceptors (Lipinski definition) is 3. The van der Waals surface area contributed by atoms with Crippen molar-refractivity contribution in [3.63, 3.8) is 0 Å². The first-order valence-corrected chi connectivity index (χ1v) is 7.77. The number of halogens is 3. The SMILES string of the molecule is Clc1ccc(Br)c(Nc2nc3cccc(Cl)c3s2)c1. The van der Waals surface area contributed by atoms with Gasteiger partial charge in [-0.05, 0) is 46.3 Å². The molecule has 0 atom stereocenters. The van der Waals surface area contributed by atoms with Crippen LogP contribution >= 0.6 is 50.5 Å². The fourth-order valence-corrected chi connectivity index (χ4v) is 3.36. The van der Waals surface area contributed by atoms with Crippen LogP contribution in [0.2, 0.25) is 10.0 Å². The van der Waals surface area contributed by atoms with E-state index in [2.05, 4.69) is 26.2 Å². The number of fused-ring (bicyclic) bond motifs is 1. The molecule has 0 saturated heterocycles. The average Bonchev–Trinajstić information content (AvgIpc) is 2.78. The van der Waals surface area contributed by atoms with Gasteiger partial charge in [0.05, 0.1) is 20.9 Å². The lowest BCUT2D eigenvalue weighted by Crippen LogP contribution is -1.90. The van der Waals surface area contributed by atoms with Gasteiger partial charge in [0.15, 0.2) is 5.13 Å². The zero-order valence-electron chi connectivity index (χ0n) is 9.45. The summed E-state index contributed by atoms with van der Waals surface area (Å²) in [6.45, 7) is 0. The maximum Gasteiger partial charge on any atom is 0.188 e. The molecule has 0 saturated carbocycles. The van der Waals surface area contributed by atoms with Gasteiger partial charge in [-0.2, -0.15) is 0 Å². The molecule has 0 aliphatic rings. The number of rotatable bonds is 2. The van der Waals surface area contributed by atoms with Crippen molar-refractivity contribution in [1.82, 2.24) is 4.98 Å². The van der Waals surface area contributed by atoms with E-state index < -0.39 is 0 Å². The van der Waals surface area contributed by atoms with Crippen molar-refractivity contribution in [3.8, 4) is 0 Å². The normalized spacial score (nSPS) is 10.9. The van der Waals surface area contributed by atoms with Crippen LogP contribution in [-0.2, 0) is 0 Å². The van der Waals surface area contributed by atoms with Crippen molar-refractivity contribution in [2.75, 3.05) is 5.32 Å². The van der Waals surface area contributed by atoms with Crippen molar-refractivity contribution in [2.45, 2.75) is 0 Å². The van der Waals surface area contributed by atoms with Crippen LogP contribution < -0.4 is 5.32 Å². The molecule has 19 heavy (non-hydrogen) atoms. The molecule has 0 fully saturated rings. The summed E-state index contributed by atoms with van der Waals surface area (Å²) in [5.41, 5.74) is 1.76. The second-order valence-corrected chi connectivity index (χ2v) is 6.55. The second-order valence-electron chi connectivity index (χ2n) is 3.86. The van der Waals surface area contributed by atoms with E-state index >= 15 is 0 Å². The number of hydrogen-bond donors (Lipinski definition) is 1. The Kier molecular flexibility index (Phi) is 3.67. The molecule has 6 heteroatoms. The molecule has 3 aromatic rings. The Morgan fingerprint density at radius 1 is 1.16 bits per heavy atom. The summed E-state index contributed by atoms with van der Waals surface area (Å²) in [6, 6.07) is 11.3. The summed E-state index contributed by atoms with van der Waals surface area (Å²) in [6.07, 6.45) is 0. The Balaban J connectivity index is 2.01. The Morgan fingerprint density at radius 2 is 2.00 bits per heavy atom. The summed E-state index contributed by atoms with van der Waals surface area (Å²) in [5, 5.41) is 5.42. The van der Waals surface area contributed by atoms with Gasteiger partial charge in [0.2, 0.25) is 0 Å². The molecule has 0 spiro atoms. The van der Waals surface area contributed by atoms with Crippen LogP contribution in [0.5, 0.6) is 0 Å². The average molecular weight is 374 g/mol. The van der Waals surface area contributed by atoms with E-state index in [0.29, 0.717) is 10.0 Å². The maximum atomic E-state index is 6.14. The summed E-state index contributed by atoms with van der Waals surface area (Å²) in [4.78, 5) is 4.50. The molecule has 0 aliphatic carbocycles. The first kappa shape index (κ1) is 13.2. The van der Waals surface area contributed by atoms with Gasteiger partial charge in [0, 0.05) is 9.50 Å². The minimum absolute atomic E-state index is 0.671. The number of anilines is 2. The molecular formula is C13H7BrCl2N2S. The monoisotopic (exact) mass is 372 g/mol. The lowest BCUT2D eigenvalue weighted by molar-refractivity contribution is 1.43. The molecule has 2 aromatic carbocycles. The highest BCUT2D eigenvalue weighted by Crippen LogP contribution is 2.35. The van der Waals surface area contributed by atoms with Gasteiger partial charge in [-0.15, -0.1) is 0 Å². The third-order valence-corrected chi connectivity index (χ3v) is 4.91. The predicted molar refractivity (Wildman–Crippen MR) is 87.1 cm³/mol. The number of aromatic nitrogens is 1. The number of thiazole rings is 1. The molecule has 1 N–H and O–H groups in total. The number of nitrogens with zero attached hydrogens (tertiary/aromatic N) is 1. The molecule has 96 valence electrons. The van der Waals surface area contributed by atoms with Gasteiger partial charge in [0.1, 0.15) is 0 Å². The zero-order chi connectivity index (χ0) is 13.4. The number of benzene rings is 2. The van der Waals surface area contributed by atoms with Crippen molar-refractivity contribution in [3.05, 3.63) is 50.9 Å². The molecule has 0 aliphatic heterocycles. The van der Waals surface area contributed by atoms with Crippen LogP contribution in [0, 0.1) is 0 Å². The molecule has 0 radical (unpaired) electrons. The van der Waals surface area contributed by atoms with E-state index in [9.17, 15) is 0 Å². The standard InChI is InChI=1S/C13H7BrCl2N2S/c14-8-5-4-7(15)6-11(8)18-13-17-10-3-1-2-9(16)12(10)19-13/h1-6H,(H,17,18). The molecule has 0 amide bonds. The molecule has 3 rings (SSSR count). The van der Waals surface area contributed by atoms with E-state index in [-0.39, 0.29) is 0 Å². The highest BCUT2D eigenvalue weighted by Gasteiger charge is 2.08. The largest absolute Gasteiger partial charge is 0.331 e. The third kappa shape index (κ3) is 2.72. The van der Waals surface area contributed by atoms with E-state index in [1.54, 1.807) is 0 Å². The highest BCUT2D eigenvalue weighted by molar-refractivity contribution is 9.10. The quantitative estimate of drug-likeness (QED) is 0.586. The van der Waals surface area contributed by atoms with Crippen molar-refractivity contribution < 1.29 is 0 Å². The van der Waals surface area contributed by atoms with Crippen LogP contribution in [0.3, 0.4) is 0 Å². The van der Waals surface area contributed by atoms with Gasteiger partial charge in [-0.25, -0.2) is 4.98 Å². The molecule has 2 nitrogen and oxygen atoms in total. The van der Waals surface area contributed by atoms with Crippen molar-refractivity contribution in [2.24, 2.45) is 0 Å². The number of nitrogens with one attached hydrogen (secondary N) is 1. The first-order valence-electron chi connectivity index (χ1n) is 5.40. The van der Waals surface area contributed by atoms with Crippen molar-refractivity contribution in [1.29, 1.82) is 0 Å². The van der Waals surface area contributed by atoms with Gasteiger partial charge >= 0.3 is 0 Å². The Hall–Kier alpha value is -0.810. The van der Waals surface area contributed by atoms with Gasteiger partial charge in [0.25, 0.3) is 0 Å². The fraction of sp³-hybridized carbons (Fsp3) is 0. The van der Waals surface area contributed by atoms with Crippen LogP contribution in [0.1, 0.15) is 0 Å². The summed E-state index contributed by atoms with van der Waals surface area (Å²) in [7, 11) is 0.